The summed E-state index contributed by atoms with van der Waals surface area (Å²) in [5, 5.41) is 10.1. The zero-order valence-electron chi connectivity index (χ0n) is 7.57. The number of aromatic amines is 1. The molecule has 0 fully saturated rings. The lowest BCUT2D eigenvalue weighted by molar-refractivity contribution is 0.841. The molecule has 4 nitrogen and oxygen atoms in total. The van der Waals surface area contributed by atoms with Crippen molar-refractivity contribution in [3.63, 3.8) is 0 Å². The third-order valence-corrected chi connectivity index (χ3v) is 2.37. The summed E-state index contributed by atoms with van der Waals surface area (Å²) in [5.74, 6) is 0. The van der Waals surface area contributed by atoms with E-state index in [0.29, 0.717) is 0 Å². The first kappa shape index (κ1) is 7.44. The number of anilines is 1. The number of nitrogens with zero attached hydrogens (tertiary/aromatic N) is 2. The highest BCUT2D eigenvalue weighted by Gasteiger charge is 2.07. The van der Waals surface area contributed by atoms with Gasteiger partial charge in [0.2, 0.25) is 0 Å². The standard InChI is InChI=1S/C10H10N4/c1-4-12-14(5-1)9-2-3-10-8(6-9)7-11-13-10/h1-4,6-7,12H,5H2,(H,11,13). The topological polar surface area (TPSA) is 44.0 Å². The van der Waals surface area contributed by atoms with Crippen LogP contribution in [0.5, 0.6) is 0 Å². The molecule has 4 heteroatoms. The molecule has 14 heavy (non-hydrogen) atoms. The summed E-state index contributed by atoms with van der Waals surface area (Å²) in [6, 6.07) is 6.22. The van der Waals surface area contributed by atoms with Gasteiger partial charge in [0.15, 0.2) is 0 Å². The first-order valence-electron chi connectivity index (χ1n) is 4.55. The fourth-order valence-electron chi connectivity index (χ4n) is 1.63. The van der Waals surface area contributed by atoms with Crippen LogP contribution in [0.15, 0.2) is 36.7 Å². The third-order valence-electron chi connectivity index (χ3n) is 2.37. The number of hydrazine groups is 1. The van der Waals surface area contributed by atoms with Gasteiger partial charge in [0.25, 0.3) is 0 Å². The van der Waals surface area contributed by atoms with Crippen molar-refractivity contribution >= 4 is 16.6 Å². The molecule has 2 aromatic rings. The quantitative estimate of drug-likeness (QED) is 0.707. The normalized spacial score (nSPS) is 15.0. The molecule has 0 amide bonds. The molecule has 70 valence electrons. The fraction of sp³-hybridized carbons (Fsp3) is 0.100. The Labute approximate surface area is 81.2 Å². The number of fused-ring (bicyclic) bond motifs is 1. The molecule has 0 unspecified atom stereocenters. The van der Waals surface area contributed by atoms with Crippen LogP contribution in [-0.4, -0.2) is 16.7 Å². The van der Waals surface area contributed by atoms with Crippen molar-refractivity contribution in [3.05, 3.63) is 36.7 Å². The summed E-state index contributed by atoms with van der Waals surface area (Å²) in [4.78, 5) is 0. The number of hydrogen-bond donors (Lipinski definition) is 2. The highest BCUT2D eigenvalue weighted by atomic mass is 15.5. The van der Waals surface area contributed by atoms with Crippen molar-refractivity contribution in [2.45, 2.75) is 0 Å². The number of aromatic nitrogens is 2. The Morgan fingerprint density at radius 3 is 3.21 bits per heavy atom. The molecule has 3 rings (SSSR count). The molecule has 2 N–H and O–H groups in total. The second-order valence-corrected chi connectivity index (χ2v) is 3.28. The van der Waals surface area contributed by atoms with Crippen molar-refractivity contribution in [1.82, 2.24) is 15.6 Å². The number of nitrogens with one attached hydrogen (secondary N) is 2. The van der Waals surface area contributed by atoms with E-state index >= 15 is 0 Å². The van der Waals surface area contributed by atoms with Gasteiger partial charge in [-0.05, 0) is 24.3 Å². The maximum atomic E-state index is 3.99. The first-order chi connectivity index (χ1) is 6.93. The summed E-state index contributed by atoms with van der Waals surface area (Å²) < 4.78 is 0. The molecule has 0 radical (unpaired) electrons. The van der Waals surface area contributed by atoms with Gasteiger partial charge in [0.1, 0.15) is 0 Å². The van der Waals surface area contributed by atoms with Gasteiger partial charge in [-0.2, -0.15) is 5.10 Å². The zero-order chi connectivity index (χ0) is 9.38. The molecule has 1 aromatic heterocycles. The van der Waals surface area contributed by atoms with Crippen LogP contribution in [0.1, 0.15) is 0 Å². The Balaban J connectivity index is 2.04. The van der Waals surface area contributed by atoms with Crippen molar-refractivity contribution in [3.8, 4) is 0 Å². The number of H-pyrrole nitrogens is 1. The van der Waals surface area contributed by atoms with Gasteiger partial charge < -0.3 is 5.43 Å². The molecule has 0 bridgehead atoms. The van der Waals surface area contributed by atoms with Gasteiger partial charge in [0.05, 0.1) is 23.9 Å². The van der Waals surface area contributed by atoms with Crippen molar-refractivity contribution in [2.75, 3.05) is 11.6 Å². The van der Waals surface area contributed by atoms with Gasteiger partial charge in [-0.3, -0.25) is 10.1 Å². The molecule has 1 aliphatic rings. The SMILES string of the molecule is C1=CNN(c2ccc3[nH]ncc3c2)C1. The maximum absolute atomic E-state index is 3.99. The van der Waals surface area contributed by atoms with Gasteiger partial charge in [0, 0.05) is 11.6 Å². The van der Waals surface area contributed by atoms with Crippen LogP contribution in [0.3, 0.4) is 0 Å². The smallest absolute Gasteiger partial charge is 0.0651 e. The van der Waals surface area contributed by atoms with E-state index in [-0.39, 0.29) is 0 Å². The molecule has 0 spiro atoms. The van der Waals surface area contributed by atoms with E-state index in [9.17, 15) is 0 Å². The van der Waals surface area contributed by atoms with Gasteiger partial charge in [-0.15, -0.1) is 0 Å². The molecule has 0 atom stereocenters. The Bertz CT molecular complexity index is 478. The van der Waals surface area contributed by atoms with Crippen LogP contribution >= 0.6 is 0 Å². The summed E-state index contributed by atoms with van der Waals surface area (Å²) in [6.07, 6.45) is 5.86. The maximum Gasteiger partial charge on any atom is 0.0651 e. The summed E-state index contributed by atoms with van der Waals surface area (Å²) >= 11 is 0. The monoisotopic (exact) mass is 186 g/mol. The predicted molar refractivity (Wildman–Crippen MR) is 55.7 cm³/mol. The molecule has 0 saturated heterocycles. The minimum atomic E-state index is 0.906. The fourth-order valence-corrected chi connectivity index (χ4v) is 1.63. The van der Waals surface area contributed by atoms with Crippen LogP contribution in [0.25, 0.3) is 10.9 Å². The molecular weight excluding hydrogens is 176 g/mol. The second-order valence-electron chi connectivity index (χ2n) is 3.28. The number of benzene rings is 1. The van der Waals surface area contributed by atoms with E-state index in [0.717, 1.165) is 23.1 Å². The predicted octanol–water partition coefficient (Wildman–Crippen LogP) is 1.40. The summed E-state index contributed by atoms with van der Waals surface area (Å²) in [5.41, 5.74) is 5.38. The molecule has 1 aromatic carbocycles. The van der Waals surface area contributed by atoms with Crippen molar-refractivity contribution in [1.29, 1.82) is 0 Å². The van der Waals surface area contributed by atoms with Crippen molar-refractivity contribution < 1.29 is 0 Å². The summed E-state index contributed by atoms with van der Waals surface area (Å²) in [6.45, 7) is 0.906. The Morgan fingerprint density at radius 2 is 2.36 bits per heavy atom. The van der Waals surface area contributed by atoms with Crippen LogP contribution in [-0.2, 0) is 0 Å². The second kappa shape index (κ2) is 2.77. The van der Waals surface area contributed by atoms with E-state index in [1.54, 1.807) is 0 Å². The van der Waals surface area contributed by atoms with E-state index in [4.69, 9.17) is 0 Å². The molecule has 0 saturated carbocycles. The molecule has 2 heterocycles. The lowest BCUT2D eigenvalue weighted by atomic mass is 10.2. The molecular formula is C10H10N4. The first-order valence-corrected chi connectivity index (χ1v) is 4.55. The third kappa shape index (κ3) is 1.04. The van der Waals surface area contributed by atoms with E-state index in [2.05, 4.69) is 38.8 Å². The van der Waals surface area contributed by atoms with Gasteiger partial charge >= 0.3 is 0 Å². The van der Waals surface area contributed by atoms with Crippen LogP contribution in [0.4, 0.5) is 5.69 Å². The Morgan fingerprint density at radius 1 is 1.36 bits per heavy atom. The average Bonchev–Trinajstić information content (AvgIpc) is 2.88. The van der Waals surface area contributed by atoms with Crippen LogP contribution in [0, 0.1) is 0 Å². The molecule has 0 aliphatic carbocycles. The highest BCUT2D eigenvalue weighted by Crippen LogP contribution is 2.20. The van der Waals surface area contributed by atoms with Crippen molar-refractivity contribution in [2.24, 2.45) is 0 Å². The average molecular weight is 186 g/mol. The minimum Gasteiger partial charge on any atom is -0.306 e. The number of hydrogen-bond acceptors (Lipinski definition) is 3. The number of rotatable bonds is 1. The summed E-state index contributed by atoms with van der Waals surface area (Å²) in [7, 11) is 0. The largest absolute Gasteiger partial charge is 0.306 e. The van der Waals surface area contributed by atoms with Gasteiger partial charge in [-0.1, -0.05) is 0 Å². The molecule has 1 aliphatic heterocycles. The van der Waals surface area contributed by atoms with Crippen LogP contribution < -0.4 is 10.4 Å². The Hall–Kier alpha value is -1.97. The van der Waals surface area contributed by atoms with Crippen LogP contribution in [0.2, 0.25) is 0 Å². The minimum absolute atomic E-state index is 0.906. The Kier molecular flexibility index (Phi) is 1.47. The van der Waals surface area contributed by atoms with E-state index in [1.165, 1.54) is 0 Å². The van der Waals surface area contributed by atoms with Gasteiger partial charge in [-0.25, -0.2) is 0 Å². The van der Waals surface area contributed by atoms with E-state index < -0.39 is 0 Å². The lowest BCUT2D eigenvalue weighted by Gasteiger charge is -2.18. The lowest BCUT2D eigenvalue weighted by Crippen LogP contribution is -2.29. The zero-order valence-corrected chi connectivity index (χ0v) is 7.57. The highest BCUT2D eigenvalue weighted by molar-refractivity contribution is 5.82. The van der Waals surface area contributed by atoms with E-state index in [1.807, 2.05) is 18.5 Å².